The van der Waals surface area contributed by atoms with E-state index >= 15 is 0 Å². The largest absolute Gasteiger partial charge is 0.481 e. The smallest absolute Gasteiger partial charge is 0.317 e. The molecule has 1 heterocycles. The number of carboxylic acid groups (broad SMARTS) is 1. The van der Waals surface area contributed by atoms with Gasteiger partial charge in [0.2, 0.25) is 0 Å². The summed E-state index contributed by atoms with van der Waals surface area (Å²) in [4.78, 5) is 25.2. The van der Waals surface area contributed by atoms with Gasteiger partial charge in [0.15, 0.2) is 0 Å². The molecule has 1 unspecified atom stereocenters. The number of hydrogen-bond donors (Lipinski definition) is 2. The lowest BCUT2D eigenvalue weighted by molar-refractivity contribution is -0.150. The lowest BCUT2D eigenvalue weighted by Gasteiger charge is -2.28. The molecular weight excluding hydrogens is 256 g/mol. The number of likely N-dealkylation sites (tertiary alicyclic amines) is 1. The van der Waals surface area contributed by atoms with E-state index in [0.717, 1.165) is 12.8 Å². The van der Waals surface area contributed by atoms with Crippen LogP contribution in [0.1, 0.15) is 47.0 Å². The van der Waals surface area contributed by atoms with Crippen molar-refractivity contribution in [3.63, 3.8) is 0 Å². The van der Waals surface area contributed by atoms with Gasteiger partial charge >= 0.3 is 12.0 Å². The molecule has 1 atom stereocenters. The fourth-order valence-corrected chi connectivity index (χ4v) is 2.72. The van der Waals surface area contributed by atoms with Crippen LogP contribution in [0.4, 0.5) is 4.79 Å². The maximum absolute atomic E-state index is 12.0. The molecule has 116 valence electrons. The van der Waals surface area contributed by atoms with E-state index in [-0.39, 0.29) is 11.9 Å². The maximum Gasteiger partial charge on any atom is 0.317 e. The van der Waals surface area contributed by atoms with Gasteiger partial charge in [0.25, 0.3) is 0 Å². The molecule has 1 rings (SSSR count). The third-order valence-electron chi connectivity index (χ3n) is 4.35. The lowest BCUT2D eigenvalue weighted by atomic mass is 9.76. The molecule has 0 spiro atoms. The molecule has 0 aromatic heterocycles. The second kappa shape index (κ2) is 6.95. The van der Waals surface area contributed by atoms with Gasteiger partial charge in [-0.15, -0.1) is 0 Å². The number of carbonyl (C=O) groups is 2. The van der Waals surface area contributed by atoms with E-state index in [0.29, 0.717) is 32.0 Å². The first kappa shape index (κ1) is 16.8. The number of rotatable bonds is 6. The van der Waals surface area contributed by atoms with Crippen molar-refractivity contribution in [2.75, 3.05) is 19.6 Å². The molecule has 2 N–H and O–H groups in total. The average molecular weight is 284 g/mol. The van der Waals surface area contributed by atoms with Crippen molar-refractivity contribution >= 4 is 12.0 Å². The van der Waals surface area contributed by atoms with Crippen LogP contribution in [0.25, 0.3) is 0 Å². The molecule has 0 radical (unpaired) electrons. The minimum atomic E-state index is -0.789. The molecule has 0 aromatic rings. The zero-order valence-corrected chi connectivity index (χ0v) is 13.1. The van der Waals surface area contributed by atoms with Crippen molar-refractivity contribution in [3.8, 4) is 0 Å². The summed E-state index contributed by atoms with van der Waals surface area (Å²) in [7, 11) is 0. The fraction of sp³-hybridized carbons (Fsp3) is 0.867. The molecule has 5 heteroatoms. The number of nitrogens with zero attached hydrogens (tertiary/aromatic N) is 1. The summed E-state index contributed by atoms with van der Waals surface area (Å²) in [6, 6.07) is -0.127. The standard InChI is InChI=1S/C15H28N2O3/c1-11(2)6-5-8-16-14(20)17-9-7-15(10-17,12(3)4)13(18)19/h11-12H,5-10H2,1-4H3,(H,16,20)(H,18,19). The number of carboxylic acids is 1. The first-order chi connectivity index (χ1) is 9.29. The molecule has 0 aromatic carbocycles. The Bertz CT molecular complexity index is 355. The number of urea groups is 1. The predicted molar refractivity (Wildman–Crippen MR) is 78.6 cm³/mol. The minimum absolute atomic E-state index is 0.0266. The van der Waals surface area contributed by atoms with Gasteiger partial charge in [0.1, 0.15) is 0 Å². The Morgan fingerprint density at radius 2 is 1.95 bits per heavy atom. The number of hydrogen-bond acceptors (Lipinski definition) is 2. The molecule has 0 saturated carbocycles. The topological polar surface area (TPSA) is 69.6 Å². The number of nitrogens with one attached hydrogen (secondary N) is 1. The Morgan fingerprint density at radius 1 is 1.30 bits per heavy atom. The third-order valence-corrected chi connectivity index (χ3v) is 4.35. The first-order valence-electron chi connectivity index (χ1n) is 7.55. The summed E-state index contributed by atoms with van der Waals surface area (Å²) in [6.07, 6.45) is 2.59. The highest BCUT2D eigenvalue weighted by Gasteiger charge is 2.48. The van der Waals surface area contributed by atoms with E-state index in [2.05, 4.69) is 19.2 Å². The van der Waals surface area contributed by atoms with Crippen LogP contribution in [0, 0.1) is 17.3 Å². The van der Waals surface area contributed by atoms with E-state index in [4.69, 9.17) is 0 Å². The molecule has 1 aliphatic rings. The van der Waals surface area contributed by atoms with Crippen LogP contribution in [0.3, 0.4) is 0 Å². The van der Waals surface area contributed by atoms with E-state index in [1.165, 1.54) is 0 Å². The van der Waals surface area contributed by atoms with Gasteiger partial charge in [-0.1, -0.05) is 27.7 Å². The lowest BCUT2D eigenvalue weighted by Crippen LogP contribution is -2.44. The average Bonchev–Trinajstić information content (AvgIpc) is 2.80. The summed E-state index contributed by atoms with van der Waals surface area (Å²) in [5, 5.41) is 12.3. The Morgan fingerprint density at radius 3 is 2.40 bits per heavy atom. The van der Waals surface area contributed by atoms with Gasteiger partial charge in [0, 0.05) is 19.6 Å². The summed E-state index contributed by atoms with van der Waals surface area (Å²) in [5.74, 6) is -0.124. The van der Waals surface area contributed by atoms with Crippen LogP contribution in [-0.4, -0.2) is 41.6 Å². The highest BCUT2D eigenvalue weighted by molar-refractivity contribution is 5.80. The Hall–Kier alpha value is -1.26. The minimum Gasteiger partial charge on any atom is -0.481 e. The SMILES string of the molecule is CC(C)CCCNC(=O)N1CCC(C(=O)O)(C(C)C)C1. The van der Waals surface area contributed by atoms with E-state index in [9.17, 15) is 14.7 Å². The second-order valence-electron chi connectivity index (χ2n) is 6.56. The Labute approximate surface area is 121 Å². The van der Waals surface area contributed by atoms with Crippen molar-refractivity contribution in [2.24, 2.45) is 17.3 Å². The van der Waals surface area contributed by atoms with E-state index in [1.807, 2.05) is 13.8 Å². The summed E-state index contributed by atoms with van der Waals surface area (Å²) in [6.45, 7) is 9.65. The van der Waals surface area contributed by atoms with Crippen molar-refractivity contribution < 1.29 is 14.7 Å². The molecule has 1 saturated heterocycles. The molecule has 5 nitrogen and oxygen atoms in total. The molecule has 2 amide bonds. The molecule has 1 aliphatic heterocycles. The molecule has 0 aliphatic carbocycles. The Balaban J connectivity index is 2.46. The summed E-state index contributed by atoms with van der Waals surface area (Å²) >= 11 is 0. The zero-order chi connectivity index (χ0) is 15.3. The highest BCUT2D eigenvalue weighted by atomic mass is 16.4. The number of carbonyl (C=O) groups excluding carboxylic acids is 1. The van der Waals surface area contributed by atoms with Crippen molar-refractivity contribution in [3.05, 3.63) is 0 Å². The normalized spacial score (nSPS) is 22.6. The van der Waals surface area contributed by atoms with Crippen LogP contribution in [0.2, 0.25) is 0 Å². The second-order valence-corrected chi connectivity index (χ2v) is 6.56. The summed E-state index contributed by atoms with van der Waals surface area (Å²) in [5.41, 5.74) is -0.782. The van der Waals surface area contributed by atoms with Gasteiger partial charge < -0.3 is 15.3 Å². The van der Waals surface area contributed by atoms with Gasteiger partial charge in [-0.25, -0.2) is 4.79 Å². The predicted octanol–water partition coefficient (Wildman–Crippen LogP) is 2.56. The highest BCUT2D eigenvalue weighted by Crippen LogP contribution is 2.38. The van der Waals surface area contributed by atoms with Crippen molar-refractivity contribution in [1.29, 1.82) is 0 Å². The fourth-order valence-electron chi connectivity index (χ4n) is 2.72. The van der Waals surface area contributed by atoms with E-state index < -0.39 is 11.4 Å². The number of aliphatic carboxylic acids is 1. The quantitative estimate of drug-likeness (QED) is 0.736. The van der Waals surface area contributed by atoms with Crippen LogP contribution in [0.5, 0.6) is 0 Å². The van der Waals surface area contributed by atoms with Crippen LogP contribution in [0.15, 0.2) is 0 Å². The van der Waals surface area contributed by atoms with Gasteiger partial charge in [-0.3, -0.25) is 4.79 Å². The van der Waals surface area contributed by atoms with Crippen molar-refractivity contribution in [2.45, 2.75) is 47.0 Å². The van der Waals surface area contributed by atoms with Gasteiger partial charge in [0.05, 0.1) is 5.41 Å². The van der Waals surface area contributed by atoms with Crippen LogP contribution < -0.4 is 5.32 Å². The van der Waals surface area contributed by atoms with Crippen molar-refractivity contribution in [1.82, 2.24) is 10.2 Å². The van der Waals surface area contributed by atoms with Gasteiger partial charge in [-0.05, 0) is 31.1 Å². The number of amides is 2. The third kappa shape index (κ3) is 3.87. The maximum atomic E-state index is 12.0. The Kier molecular flexibility index (Phi) is 5.84. The molecule has 1 fully saturated rings. The van der Waals surface area contributed by atoms with E-state index in [1.54, 1.807) is 4.90 Å². The molecular formula is C15H28N2O3. The summed E-state index contributed by atoms with van der Waals surface area (Å²) < 4.78 is 0. The first-order valence-corrected chi connectivity index (χ1v) is 7.55. The molecule has 0 bridgehead atoms. The van der Waals surface area contributed by atoms with Crippen LogP contribution in [-0.2, 0) is 4.79 Å². The van der Waals surface area contributed by atoms with Crippen LogP contribution >= 0.6 is 0 Å². The van der Waals surface area contributed by atoms with Gasteiger partial charge in [-0.2, -0.15) is 0 Å². The monoisotopic (exact) mass is 284 g/mol. The zero-order valence-electron chi connectivity index (χ0n) is 13.1. The molecule has 20 heavy (non-hydrogen) atoms.